The molecule has 0 bridgehead atoms. The summed E-state index contributed by atoms with van der Waals surface area (Å²) in [5.41, 5.74) is 2.24. The summed E-state index contributed by atoms with van der Waals surface area (Å²) in [5, 5.41) is 6.67. The van der Waals surface area contributed by atoms with E-state index in [9.17, 15) is 0 Å². The highest BCUT2D eigenvalue weighted by Gasteiger charge is 2.14. The van der Waals surface area contributed by atoms with Gasteiger partial charge < -0.3 is 15.4 Å². The number of aromatic nitrogens is 3. The highest BCUT2D eigenvalue weighted by Crippen LogP contribution is 2.13. The van der Waals surface area contributed by atoms with Gasteiger partial charge in [-0.05, 0) is 43.9 Å². The number of nitrogens with one attached hydrogen (secondary N) is 2. The first-order valence-corrected chi connectivity index (χ1v) is 8.12. The molecule has 6 heteroatoms. The van der Waals surface area contributed by atoms with Gasteiger partial charge in [0.1, 0.15) is 5.82 Å². The maximum atomic E-state index is 5.48. The summed E-state index contributed by atoms with van der Waals surface area (Å²) in [6.45, 7) is 4.38. The van der Waals surface area contributed by atoms with E-state index in [1.165, 1.54) is 5.56 Å². The SMILES string of the molecule is Cc1ccc(CCNc2nccc(NC3CCCOC3)n2)cn1. The smallest absolute Gasteiger partial charge is 0.224 e. The highest BCUT2D eigenvalue weighted by atomic mass is 16.5. The van der Waals surface area contributed by atoms with Crippen LogP contribution >= 0.6 is 0 Å². The van der Waals surface area contributed by atoms with E-state index < -0.39 is 0 Å². The first-order valence-electron chi connectivity index (χ1n) is 8.12. The molecule has 1 fully saturated rings. The predicted molar refractivity (Wildman–Crippen MR) is 90.7 cm³/mol. The lowest BCUT2D eigenvalue weighted by atomic mass is 10.1. The molecule has 0 spiro atoms. The summed E-state index contributed by atoms with van der Waals surface area (Å²) >= 11 is 0. The van der Waals surface area contributed by atoms with E-state index in [1.54, 1.807) is 6.20 Å². The van der Waals surface area contributed by atoms with Crippen molar-refractivity contribution in [2.45, 2.75) is 32.2 Å². The average Bonchev–Trinajstić information content (AvgIpc) is 2.58. The predicted octanol–water partition coefficient (Wildman–Crippen LogP) is 2.43. The van der Waals surface area contributed by atoms with E-state index in [1.807, 2.05) is 25.3 Å². The fraction of sp³-hybridized carbons (Fsp3) is 0.471. The Hall–Kier alpha value is -2.21. The van der Waals surface area contributed by atoms with E-state index in [4.69, 9.17) is 4.74 Å². The molecule has 2 N–H and O–H groups in total. The lowest BCUT2D eigenvalue weighted by molar-refractivity contribution is 0.0875. The summed E-state index contributed by atoms with van der Waals surface area (Å²) in [5.74, 6) is 1.49. The second kappa shape index (κ2) is 7.87. The number of ether oxygens (including phenoxy) is 1. The molecular formula is C17H23N5O. The first-order chi connectivity index (χ1) is 11.3. The number of hydrogen-bond acceptors (Lipinski definition) is 6. The van der Waals surface area contributed by atoms with Crippen LogP contribution in [0.2, 0.25) is 0 Å². The zero-order valence-corrected chi connectivity index (χ0v) is 13.5. The number of rotatable bonds is 6. The van der Waals surface area contributed by atoms with Crippen LogP contribution in [0.15, 0.2) is 30.6 Å². The maximum Gasteiger partial charge on any atom is 0.224 e. The van der Waals surface area contributed by atoms with Crippen molar-refractivity contribution >= 4 is 11.8 Å². The third-order valence-corrected chi connectivity index (χ3v) is 3.84. The zero-order valence-electron chi connectivity index (χ0n) is 13.5. The fourth-order valence-electron chi connectivity index (χ4n) is 2.55. The minimum atomic E-state index is 0.338. The minimum Gasteiger partial charge on any atom is -0.379 e. The van der Waals surface area contributed by atoms with Crippen molar-refractivity contribution in [1.29, 1.82) is 0 Å². The van der Waals surface area contributed by atoms with Crippen molar-refractivity contribution in [3.8, 4) is 0 Å². The molecule has 0 radical (unpaired) electrons. The molecule has 122 valence electrons. The van der Waals surface area contributed by atoms with Crippen LogP contribution in [0.4, 0.5) is 11.8 Å². The van der Waals surface area contributed by atoms with Crippen LogP contribution in [0, 0.1) is 6.92 Å². The van der Waals surface area contributed by atoms with Gasteiger partial charge in [0.25, 0.3) is 0 Å². The van der Waals surface area contributed by atoms with Crippen molar-refractivity contribution in [3.05, 3.63) is 41.9 Å². The molecule has 0 aromatic carbocycles. The zero-order chi connectivity index (χ0) is 15.9. The molecule has 6 nitrogen and oxygen atoms in total. The van der Waals surface area contributed by atoms with Crippen LogP contribution in [0.3, 0.4) is 0 Å². The molecule has 2 aromatic rings. The molecule has 1 saturated heterocycles. The van der Waals surface area contributed by atoms with Crippen LogP contribution in [0.1, 0.15) is 24.1 Å². The van der Waals surface area contributed by atoms with E-state index in [2.05, 4.69) is 31.7 Å². The van der Waals surface area contributed by atoms with Gasteiger partial charge in [-0.15, -0.1) is 0 Å². The standard InChI is InChI=1S/C17H23N5O/c1-13-4-5-14(11-20-13)6-8-18-17-19-9-7-16(22-17)21-15-3-2-10-23-12-15/h4-5,7,9,11,15H,2-3,6,8,10,12H2,1H3,(H2,18,19,21,22). The molecule has 1 aliphatic heterocycles. The van der Waals surface area contributed by atoms with Crippen molar-refractivity contribution < 1.29 is 4.74 Å². The second-order valence-corrected chi connectivity index (χ2v) is 5.81. The summed E-state index contributed by atoms with van der Waals surface area (Å²) in [6.07, 6.45) is 6.80. The lowest BCUT2D eigenvalue weighted by Gasteiger charge is -2.23. The molecule has 23 heavy (non-hydrogen) atoms. The second-order valence-electron chi connectivity index (χ2n) is 5.81. The van der Waals surface area contributed by atoms with Gasteiger partial charge in [-0.1, -0.05) is 6.07 Å². The Bertz CT molecular complexity index is 611. The summed E-state index contributed by atoms with van der Waals surface area (Å²) in [6, 6.07) is 6.36. The maximum absolute atomic E-state index is 5.48. The van der Waals surface area contributed by atoms with Crippen LogP contribution in [-0.4, -0.2) is 40.8 Å². The monoisotopic (exact) mass is 313 g/mol. The van der Waals surface area contributed by atoms with Crippen molar-refractivity contribution in [3.63, 3.8) is 0 Å². The largest absolute Gasteiger partial charge is 0.379 e. The summed E-state index contributed by atoms with van der Waals surface area (Å²) in [7, 11) is 0. The fourth-order valence-corrected chi connectivity index (χ4v) is 2.55. The van der Waals surface area contributed by atoms with Crippen molar-refractivity contribution in [2.75, 3.05) is 30.4 Å². The summed E-state index contributed by atoms with van der Waals surface area (Å²) < 4.78 is 5.48. The molecule has 1 aliphatic rings. The number of pyridine rings is 1. The highest BCUT2D eigenvalue weighted by molar-refractivity contribution is 5.40. The van der Waals surface area contributed by atoms with Gasteiger partial charge >= 0.3 is 0 Å². The van der Waals surface area contributed by atoms with Crippen LogP contribution < -0.4 is 10.6 Å². The van der Waals surface area contributed by atoms with Gasteiger partial charge in [-0.25, -0.2) is 4.98 Å². The molecule has 0 aliphatic carbocycles. The molecule has 3 rings (SSSR count). The quantitative estimate of drug-likeness (QED) is 0.853. The topological polar surface area (TPSA) is 72.0 Å². The van der Waals surface area contributed by atoms with Gasteiger partial charge in [-0.3, -0.25) is 4.98 Å². The Kier molecular flexibility index (Phi) is 5.37. The molecule has 1 atom stereocenters. The molecule has 3 heterocycles. The molecule has 1 unspecified atom stereocenters. The first kappa shape index (κ1) is 15.7. The Morgan fingerprint density at radius 1 is 1.26 bits per heavy atom. The average molecular weight is 313 g/mol. The number of nitrogens with zero attached hydrogens (tertiary/aromatic N) is 3. The Balaban J connectivity index is 1.49. The number of hydrogen-bond donors (Lipinski definition) is 2. The third-order valence-electron chi connectivity index (χ3n) is 3.84. The minimum absolute atomic E-state index is 0.338. The Labute approximate surface area is 136 Å². The molecule has 0 amide bonds. The van der Waals surface area contributed by atoms with E-state index >= 15 is 0 Å². The van der Waals surface area contributed by atoms with Gasteiger partial charge in [0.2, 0.25) is 5.95 Å². The number of anilines is 2. The molecular weight excluding hydrogens is 290 g/mol. The molecule has 0 saturated carbocycles. The Morgan fingerprint density at radius 3 is 3.00 bits per heavy atom. The van der Waals surface area contributed by atoms with E-state index in [-0.39, 0.29) is 0 Å². The van der Waals surface area contributed by atoms with Crippen molar-refractivity contribution in [1.82, 2.24) is 15.0 Å². The third kappa shape index (κ3) is 4.89. The Morgan fingerprint density at radius 2 is 2.22 bits per heavy atom. The van der Waals surface area contributed by atoms with Crippen LogP contribution in [0.5, 0.6) is 0 Å². The van der Waals surface area contributed by atoms with E-state index in [0.717, 1.165) is 50.5 Å². The lowest BCUT2D eigenvalue weighted by Crippen LogP contribution is -2.30. The number of aryl methyl sites for hydroxylation is 1. The summed E-state index contributed by atoms with van der Waals surface area (Å²) in [4.78, 5) is 13.1. The van der Waals surface area contributed by atoms with Gasteiger partial charge in [0.15, 0.2) is 0 Å². The van der Waals surface area contributed by atoms with Crippen molar-refractivity contribution in [2.24, 2.45) is 0 Å². The normalized spacial score (nSPS) is 17.7. The molecule has 2 aromatic heterocycles. The van der Waals surface area contributed by atoms with Gasteiger partial charge in [0.05, 0.1) is 12.6 Å². The van der Waals surface area contributed by atoms with E-state index in [0.29, 0.717) is 12.0 Å². The van der Waals surface area contributed by atoms with Gasteiger partial charge in [-0.2, -0.15) is 4.98 Å². The van der Waals surface area contributed by atoms with Gasteiger partial charge in [0, 0.05) is 31.2 Å². The van der Waals surface area contributed by atoms with Crippen LogP contribution in [-0.2, 0) is 11.2 Å². The van der Waals surface area contributed by atoms with Crippen LogP contribution in [0.25, 0.3) is 0 Å².